The molecule has 286 valence electrons. The molecule has 2 rings (SSSR count). The second-order valence-electron chi connectivity index (χ2n) is 13.3. The zero-order valence-electron chi connectivity index (χ0n) is 31.8. The van der Waals surface area contributed by atoms with Gasteiger partial charge in [0.1, 0.15) is 25.0 Å². The molecule has 0 saturated heterocycles. The quantitative estimate of drug-likeness (QED) is 0.0392. The summed E-state index contributed by atoms with van der Waals surface area (Å²) in [4.78, 5) is 19.9. The zero-order chi connectivity index (χ0) is 35.6. The molecule has 0 radical (unpaired) electrons. The van der Waals surface area contributed by atoms with Gasteiger partial charge in [0.2, 0.25) is 6.33 Å². The van der Waals surface area contributed by atoms with Crippen molar-refractivity contribution in [1.29, 1.82) is 0 Å². The van der Waals surface area contributed by atoms with Gasteiger partial charge in [-0.05, 0) is 38.7 Å². The second kappa shape index (κ2) is 32.7. The van der Waals surface area contributed by atoms with Crippen LogP contribution in [0.3, 0.4) is 0 Å². The van der Waals surface area contributed by atoms with Crippen molar-refractivity contribution in [3.63, 3.8) is 0 Å². The molecule has 0 fully saturated rings. The first-order valence-corrected chi connectivity index (χ1v) is 21.2. The van der Waals surface area contributed by atoms with E-state index in [-0.39, 0.29) is 12.1 Å². The molecule has 2 aromatic heterocycles. The molecule has 9 nitrogen and oxygen atoms in total. The van der Waals surface area contributed by atoms with E-state index in [1.54, 1.807) is 18.5 Å². The smallest absolute Gasteiger partial charge is 0.316 e. The van der Waals surface area contributed by atoms with Gasteiger partial charge in [0, 0.05) is 36.9 Å². The number of aryl methyl sites for hydroxylation is 1. The number of imidazole rings is 1. The Morgan fingerprint density at radius 1 is 0.780 bits per heavy atom. The predicted octanol–water partition coefficient (Wildman–Crippen LogP) is 9.16. The summed E-state index contributed by atoms with van der Waals surface area (Å²) in [6.45, 7) is 9.06. The maximum Gasteiger partial charge on any atom is 0.316 e. The Kier molecular flexibility index (Phi) is 28.8. The van der Waals surface area contributed by atoms with Crippen molar-refractivity contribution in [1.82, 2.24) is 14.5 Å². The minimum Gasteiger partial charge on any atom is -0.466 e. The topological polar surface area (TPSA) is 88.6 Å². The van der Waals surface area contributed by atoms with Crippen molar-refractivity contribution in [2.45, 2.75) is 161 Å². The van der Waals surface area contributed by atoms with E-state index in [9.17, 15) is 4.79 Å². The highest BCUT2D eigenvalue weighted by molar-refractivity contribution is 7.99. The lowest BCUT2D eigenvalue weighted by Gasteiger charge is -2.17. The van der Waals surface area contributed by atoms with Gasteiger partial charge in [0.25, 0.3) is 0 Å². The number of esters is 1. The summed E-state index contributed by atoms with van der Waals surface area (Å²) in [6.07, 6.45) is 35.0. The van der Waals surface area contributed by atoms with E-state index in [4.69, 9.17) is 18.9 Å². The van der Waals surface area contributed by atoms with Crippen LogP contribution in [0.5, 0.6) is 6.01 Å². The number of unbranched alkanes of at least 4 members (excludes halogenated alkanes) is 17. The standard InChI is InChI=1S/C40H71N4O5S/c1-3-5-6-7-8-9-10-11-12-13-14-15-16-17-18-22-31-47-35-38(49-40-41-25-23-26-42-40)36-50-34-33-46-32-30-44-29-28-43(37-44)27-21-19-20-24-39(45)48-4-2/h23,25-26,28-29,37-38H,3-22,24,27,30-36H2,1-2H3/q+1. The first-order chi connectivity index (χ1) is 24.7. The number of aromatic nitrogens is 4. The van der Waals surface area contributed by atoms with Crippen LogP contribution in [0.4, 0.5) is 0 Å². The molecular weight excluding hydrogens is 649 g/mol. The molecule has 0 saturated carbocycles. The summed E-state index contributed by atoms with van der Waals surface area (Å²) >= 11 is 1.81. The van der Waals surface area contributed by atoms with Gasteiger partial charge in [-0.25, -0.2) is 19.1 Å². The third kappa shape index (κ3) is 25.7. The summed E-state index contributed by atoms with van der Waals surface area (Å²) in [5.74, 6) is 1.61. The van der Waals surface area contributed by atoms with E-state index >= 15 is 0 Å². The van der Waals surface area contributed by atoms with Crippen molar-refractivity contribution < 1.29 is 28.3 Å². The van der Waals surface area contributed by atoms with Crippen LogP contribution in [-0.2, 0) is 32.1 Å². The molecule has 1 atom stereocenters. The minimum absolute atomic E-state index is 0.0930. The highest BCUT2D eigenvalue weighted by Crippen LogP contribution is 2.14. The van der Waals surface area contributed by atoms with E-state index in [0.29, 0.717) is 38.9 Å². The van der Waals surface area contributed by atoms with Crippen molar-refractivity contribution in [2.24, 2.45) is 0 Å². The number of hydrogen-bond acceptors (Lipinski definition) is 8. The summed E-state index contributed by atoms with van der Waals surface area (Å²) in [7, 11) is 0. The Labute approximate surface area is 309 Å². The highest BCUT2D eigenvalue weighted by atomic mass is 32.2. The molecule has 1 unspecified atom stereocenters. The zero-order valence-corrected chi connectivity index (χ0v) is 32.6. The number of hydrogen-bond donors (Lipinski definition) is 0. The molecule has 0 amide bonds. The fourth-order valence-corrected chi connectivity index (χ4v) is 6.69. The molecule has 0 spiro atoms. The molecule has 2 heterocycles. The van der Waals surface area contributed by atoms with Crippen molar-refractivity contribution >= 4 is 17.7 Å². The Hall–Kier alpha value is -2.17. The lowest BCUT2D eigenvalue weighted by Crippen LogP contribution is -2.31. The van der Waals surface area contributed by atoms with Gasteiger partial charge >= 0.3 is 12.0 Å². The van der Waals surface area contributed by atoms with Crippen molar-refractivity contribution in [3.05, 3.63) is 37.2 Å². The van der Waals surface area contributed by atoms with E-state index in [1.165, 1.54) is 96.3 Å². The summed E-state index contributed by atoms with van der Waals surface area (Å²) in [5.41, 5.74) is 0. The van der Waals surface area contributed by atoms with Crippen molar-refractivity contribution in [3.8, 4) is 6.01 Å². The molecule has 0 aromatic carbocycles. The number of thioether (sulfide) groups is 1. The van der Waals surface area contributed by atoms with Crippen LogP contribution in [0.25, 0.3) is 0 Å². The van der Waals surface area contributed by atoms with Crippen LogP contribution < -0.4 is 9.30 Å². The average Bonchev–Trinajstić information content (AvgIpc) is 3.58. The Morgan fingerprint density at radius 3 is 2.08 bits per heavy atom. The number of rotatable bonds is 36. The lowest BCUT2D eigenvalue weighted by atomic mass is 10.0. The molecule has 2 aromatic rings. The van der Waals surface area contributed by atoms with Gasteiger partial charge in [-0.3, -0.25) is 4.79 Å². The van der Waals surface area contributed by atoms with Crippen LogP contribution in [0.2, 0.25) is 0 Å². The second-order valence-corrected chi connectivity index (χ2v) is 14.5. The van der Waals surface area contributed by atoms with Crippen LogP contribution in [-0.4, -0.2) is 71.1 Å². The van der Waals surface area contributed by atoms with Gasteiger partial charge in [0.05, 0.1) is 33.0 Å². The van der Waals surface area contributed by atoms with E-state index in [1.807, 2.05) is 18.7 Å². The summed E-state index contributed by atoms with van der Waals surface area (Å²) in [5, 5.41) is 0. The summed E-state index contributed by atoms with van der Waals surface area (Å²) < 4.78 is 27.4. The monoisotopic (exact) mass is 720 g/mol. The largest absolute Gasteiger partial charge is 0.466 e. The van der Waals surface area contributed by atoms with E-state index in [0.717, 1.165) is 56.9 Å². The fourth-order valence-electron chi connectivity index (χ4n) is 5.86. The van der Waals surface area contributed by atoms with Crippen LogP contribution >= 0.6 is 11.8 Å². The van der Waals surface area contributed by atoms with Gasteiger partial charge in [0.15, 0.2) is 0 Å². The Balaban J connectivity index is 1.45. The first-order valence-electron chi connectivity index (χ1n) is 20.1. The molecule has 0 bridgehead atoms. The minimum atomic E-state index is -0.0936. The van der Waals surface area contributed by atoms with Gasteiger partial charge in [-0.2, -0.15) is 11.8 Å². The number of ether oxygens (including phenoxy) is 4. The number of carbonyl (C=O) groups excluding carboxylic acids is 1. The highest BCUT2D eigenvalue weighted by Gasteiger charge is 2.13. The van der Waals surface area contributed by atoms with Crippen LogP contribution in [0.1, 0.15) is 142 Å². The van der Waals surface area contributed by atoms with Crippen LogP contribution in [0.15, 0.2) is 37.2 Å². The SMILES string of the molecule is CCCCCCCCCCCCCCCCCCOCC(CSCCOCCn1cc[n+](CCCCCC(=O)OCC)c1)Oc1ncccn1. The van der Waals surface area contributed by atoms with E-state index in [2.05, 4.69) is 44.7 Å². The molecule has 0 N–H and O–H groups in total. The Bertz CT molecular complexity index is 1030. The van der Waals surface area contributed by atoms with Gasteiger partial charge < -0.3 is 18.9 Å². The molecular formula is C40H71N4O5S+. The normalized spacial score (nSPS) is 12.0. The predicted molar refractivity (Wildman–Crippen MR) is 205 cm³/mol. The van der Waals surface area contributed by atoms with Gasteiger partial charge in [-0.1, -0.05) is 103 Å². The first kappa shape index (κ1) is 44.0. The molecule has 0 aliphatic carbocycles. The maximum absolute atomic E-state index is 11.4. The average molecular weight is 720 g/mol. The number of carbonyl (C=O) groups is 1. The molecule has 0 aliphatic heterocycles. The van der Waals surface area contributed by atoms with Gasteiger partial charge in [-0.15, -0.1) is 0 Å². The molecule has 10 heteroatoms. The Morgan fingerprint density at radius 2 is 1.42 bits per heavy atom. The van der Waals surface area contributed by atoms with E-state index < -0.39 is 0 Å². The molecule has 0 aliphatic rings. The lowest BCUT2D eigenvalue weighted by molar-refractivity contribution is -0.696. The van der Waals surface area contributed by atoms with Crippen LogP contribution in [0, 0.1) is 0 Å². The third-order valence-electron chi connectivity index (χ3n) is 8.78. The molecule has 50 heavy (non-hydrogen) atoms. The van der Waals surface area contributed by atoms with Crippen molar-refractivity contribution in [2.75, 3.05) is 44.5 Å². The number of nitrogens with zero attached hydrogens (tertiary/aromatic N) is 4. The maximum atomic E-state index is 11.4. The third-order valence-corrected chi connectivity index (χ3v) is 9.84. The fraction of sp³-hybridized carbons (Fsp3) is 0.800. The summed E-state index contributed by atoms with van der Waals surface area (Å²) in [6, 6.07) is 2.20.